The van der Waals surface area contributed by atoms with E-state index in [9.17, 15) is 9.18 Å². The summed E-state index contributed by atoms with van der Waals surface area (Å²) in [5.74, 6) is -0.776. The molecular weight excluding hydrogens is 327 g/mol. The van der Waals surface area contributed by atoms with Crippen molar-refractivity contribution < 1.29 is 13.9 Å². The van der Waals surface area contributed by atoms with Gasteiger partial charge in [-0.1, -0.05) is 97.3 Å². The summed E-state index contributed by atoms with van der Waals surface area (Å²) in [6.45, 7) is 6.36. The number of unbranched alkanes of at least 4 members (excludes halogenated alkanes) is 13. The first-order valence-electron chi connectivity index (χ1n) is 11.2. The van der Waals surface area contributed by atoms with Crippen molar-refractivity contribution in [1.82, 2.24) is 0 Å². The van der Waals surface area contributed by atoms with Gasteiger partial charge in [-0.15, -0.1) is 0 Å². The molecule has 0 aromatic heterocycles. The Labute approximate surface area is 162 Å². The average Bonchev–Trinajstić information content (AvgIpc) is 2.64. The summed E-state index contributed by atoms with van der Waals surface area (Å²) < 4.78 is 19.2. The minimum atomic E-state index is -0.480. The Kier molecular flexibility index (Phi) is 18.3. The van der Waals surface area contributed by atoms with Crippen molar-refractivity contribution in [3.05, 3.63) is 11.4 Å². The van der Waals surface area contributed by atoms with Crippen LogP contribution in [0.3, 0.4) is 0 Å². The van der Waals surface area contributed by atoms with E-state index in [2.05, 4.69) is 13.8 Å². The standard InChI is InChI=1S/C23H43FO2/c1-4-6-8-10-11-12-13-14-16-18-20-26-23(25)21(3)22(24)19-17-15-9-7-5-2/h4-20H2,1-3H3. The van der Waals surface area contributed by atoms with E-state index in [1.165, 1.54) is 64.2 Å². The minimum absolute atomic E-state index is 0.160. The lowest BCUT2D eigenvalue weighted by Crippen LogP contribution is -2.08. The highest BCUT2D eigenvalue weighted by molar-refractivity contribution is 5.88. The Morgan fingerprint density at radius 2 is 1.12 bits per heavy atom. The summed E-state index contributed by atoms with van der Waals surface area (Å²) in [5.41, 5.74) is 0.160. The molecule has 2 nitrogen and oxygen atoms in total. The zero-order chi connectivity index (χ0) is 19.5. The molecule has 154 valence electrons. The van der Waals surface area contributed by atoms with Crippen molar-refractivity contribution in [2.24, 2.45) is 0 Å². The molecular formula is C23H43FO2. The molecule has 0 heterocycles. The fourth-order valence-electron chi connectivity index (χ4n) is 3.04. The molecule has 0 aromatic rings. The van der Waals surface area contributed by atoms with E-state index in [0.717, 1.165) is 32.1 Å². The third-order valence-corrected chi connectivity index (χ3v) is 4.94. The third kappa shape index (κ3) is 15.4. The van der Waals surface area contributed by atoms with Crippen LogP contribution >= 0.6 is 0 Å². The van der Waals surface area contributed by atoms with E-state index in [0.29, 0.717) is 13.0 Å². The van der Waals surface area contributed by atoms with Crippen molar-refractivity contribution in [3.8, 4) is 0 Å². The van der Waals surface area contributed by atoms with Crippen LogP contribution in [0.1, 0.15) is 124 Å². The maximum atomic E-state index is 14.0. The number of esters is 1. The fraction of sp³-hybridized carbons (Fsp3) is 0.870. The molecule has 0 radical (unpaired) electrons. The Balaban J connectivity index is 3.60. The number of rotatable bonds is 18. The van der Waals surface area contributed by atoms with Crippen LogP contribution < -0.4 is 0 Å². The van der Waals surface area contributed by atoms with Gasteiger partial charge in [-0.05, 0) is 26.2 Å². The number of carbonyl (C=O) groups is 1. The summed E-state index contributed by atoms with van der Waals surface area (Å²) in [6.07, 6.45) is 18.2. The Hall–Kier alpha value is -0.860. The molecule has 0 amide bonds. The van der Waals surface area contributed by atoms with Crippen molar-refractivity contribution in [2.75, 3.05) is 6.61 Å². The van der Waals surface area contributed by atoms with Crippen LogP contribution in [0.25, 0.3) is 0 Å². The van der Waals surface area contributed by atoms with E-state index in [4.69, 9.17) is 4.74 Å². The van der Waals surface area contributed by atoms with Gasteiger partial charge in [0.15, 0.2) is 0 Å². The topological polar surface area (TPSA) is 26.3 Å². The zero-order valence-corrected chi connectivity index (χ0v) is 17.7. The Bertz CT molecular complexity index is 363. The van der Waals surface area contributed by atoms with Crippen LogP contribution in [0.15, 0.2) is 11.4 Å². The van der Waals surface area contributed by atoms with Gasteiger partial charge < -0.3 is 4.74 Å². The normalized spacial score (nSPS) is 12.2. The van der Waals surface area contributed by atoms with Crippen LogP contribution in [-0.4, -0.2) is 12.6 Å². The first-order chi connectivity index (χ1) is 12.6. The van der Waals surface area contributed by atoms with Crippen LogP contribution in [0.5, 0.6) is 0 Å². The van der Waals surface area contributed by atoms with E-state index in [1.807, 2.05) is 0 Å². The molecule has 0 rings (SSSR count). The lowest BCUT2D eigenvalue weighted by Gasteiger charge is -2.07. The molecule has 0 atom stereocenters. The van der Waals surface area contributed by atoms with E-state index >= 15 is 0 Å². The van der Waals surface area contributed by atoms with Gasteiger partial charge in [-0.3, -0.25) is 0 Å². The monoisotopic (exact) mass is 370 g/mol. The summed E-state index contributed by atoms with van der Waals surface area (Å²) in [6, 6.07) is 0. The summed E-state index contributed by atoms with van der Waals surface area (Å²) in [5, 5.41) is 0. The highest BCUT2D eigenvalue weighted by atomic mass is 19.1. The first-order valence-corrected chi connectivity index (χ1v) is 11.2. The van der Waals surface area contributed by atoms with Gasteiger partial charge in [0.05, 0.1) is 12.2 Å². The number of halogens is 1. The molecule has 0 saturated carbocycles. The Morgan fingerprint density at radius 3 is 1.62 bits per heavy atom. The van der Waals surface area contributed by atoms with Crippen LogP contribution in [0, 0.1) is 0 Å². The molecule has 0 aromatic carbocycles. The Morgan fingerprint density at radius 1 is 0.692 bits per heavy atom. The van der Waals surface area contributed by atoms with Crippen molar-refractivity contribution in [3.63, 3.8) is 0 Å². The molecule has 0 saturated heterocycles. The number of ether oxygens (including phenoxy) is 1. The van der Waals surface area contributed by atoms with Crippen molar-refractivity contribution in [1.29, 1.82) is 0 Å². The highest BCUT2D eigenvalue weighted by Crippen LogP contribution is 2.17. The highest BCUT2D eigenvalue weighted by Gasteiger charge is 2.12. The van der Waals surface area contributed by atoms with Crippen LogP contribution in [0.4, 0.5) is 4.39 Å². The van der Waals surface area contributed by atoms with Crippen LogP contribution in [0.2, 0.25) is 0 Å². The molecule has 0 N–H and O–H groups in total. The van der Waals surface area contributed by atoms with Gasteiger partial charge in [0.2, 0.25) is 0 Å². The van der Waals surface area contributed by atoms with Crippen molar-refractivity contribution >= 4 is 5.97 Å². The molecule has 0 fully saturated rings. The first kappa shape index (κ1) is 25.1. The second-order valence-corrected chi connectivity index (χ2v) is 7.51. The lowest BCUT2D eigenvalue weighted by molar-refractivity contribution is -0.139. The summed E-state index contributed by atoms with van der Waals surface area (Å²) in [4.78, 5) is 11.9. The largest absolute Gasteiger partial charge is 0.462 e. The smallest absolute Gasteiger partial charge is 0.336 e. The predicted octanol–water partition coefficient (Wildman–Crippen LogP) is 8.05. The summed E-state index contributed by atoms with van der Waals surface area (Å²) in [7, 11) is 0. The van der Waals surface area contributed by atoms with Gasteiger partial charge in [0, 0.05) is 0 Å². The van der Waals surface area contributed by atoms with Gasteiger partial charge in [-0.25, -0.2) is 9.18 Å². The maximum absolute atomic E-state index is 14.0. The quantitative estimate of drug-likeness (QED) is 0.138. The number of hydrogen-bond acceptors (Lipinski definition) is 2. The molecule has 26 heavy (non-hydrogen) atoms. The van der Waals surface area contributed by atoms with Crippen molar-refractivity contribution in [2.45, 2.75) is 124 Å². The van der Waals surface area contributed by atoms with E-state index < -0.39 is 5.97 Å². The SMILES string of the molecule is CCCCCCCCCCCCOC(=O)C(C)=C(F)CCCCCCC. The number of carbonyl (C=O) groups excluding carboxylic acids is 1. The van der Waals surface area contributed by atoms with Gasteiger partial charge in [0.1, 0.15) is 5.83 Å². The number of hydrogen-bond donors (Lipinski definition) is 0. The molecule has 0 unspecified atom stereocenters. The van der Waals surface area contributed by atoms with Gasteiger partial charge in [-0.2, -0.15) is 0 Å². The minimum Gasteiger partial charge on any atom is -0.462 e. The third-order valence-electron chi connectivity index (χ3n) is 4.94. The molecule has 0 aliphatic rings. The zero-order valence-electron chi connectivity index (χ0n) is 17.7. The molecule has 0 aliphatic heterocycles. The summed E-state index contributed by atoms with van der Waals surface area (Å²) >= 11 is 0. The van der Waals surface area contributed by atoms with Crippen LogP contribution in [-0.2, 0) is 9.53 Å². The average molecular weight is 371 g/mol. The second-order valence-electron chi connectivity index (χ2n) is 7.51. The fourth-order valence-corrected chi connectivity index (χ4v) is 3.04. The number of allylic oxidation sites excluding steroid dienone is 1. The maximum Gasteiger partial charge on any atom is 0.336 e. The van der Waals surface area contributed by atoms with E-state index in [-0.39, 0.29) is 11.4 Å². The lowest BCUT2D eigenvalue weighted by atomic mass is 10.1. The molecule has 0 aliphatic carbocycles. The molecule has 3 heteroatoms. The second kappa shape index (κ2) is 18.9. The van der Waals surface area contributed by atoms with Gasteiger partial charge >= 0.3 is 5.97 Å². The molecule has 0 spiro atoms. The predicted molar refractivity (Wildman–Crippen MR) is 110 cm³/mol. The molecule has 0 bridgehead atoms. The van der Waals surface area contributed by atoms with Gasteiger partial charge in [0.25, 0.3) is 0 Å². The van der Waals surface area contributed by atoms with E-state index in [1.54, 1.807) is 6.92 Å².